The van der Waals surface area contributed by atoms with E-state index in [0.717, 1.165) is 51.3 Å². The number of anilines is 1. The minimum Gasteiger partial charge on any atom is -0.325 e. The van der Waals surface area contributed by atoms with Gasteiger partial charge in [0.25, 0.3) is 0 Å². The van der Waals surface area contributed by atoms with Gasteiger partial charge in [0, 0.05) is 44.5 Å². The molecule has 4 nitrogen and oxygen atoms in total. The van der Waals surface area contributed by atoms with E-state index in [1.54, 1.807) is 0 Å². The predicted molar refractivity (Wildman–Crippen MR) is 103 cm³/mol. The Morgan fingerprint density at radius 3 is 2.41 bits per heavy atom. The minimum absolute atomic E-state index is 0.209. The number of nitrogens with zero attached hydrogens (tertiary/aromatic N) is 2. The van der Waals surface area contributed by atoms with Crippen LogP contribution in [0.4, 0.5) is 14.5 Å². The average Bonchev–Trinajstić information content (AvgIpc) is 2.70. The third-order valence-corrected chi connectivity index (χ3v) is 5.08. The van der Waals surface area contributed by atoms with Crippen molar-refractivity contribution in [2.75, 3.05) is 38.0 Å². The van der Waals surface area contributed by atoms with Crippen molar-refractivity contribution in [3.8, 4) is 0 Å². The molecular formula is C21H25F2N3O. The highest BCUT2D eigenvalue weighted by Gasteiger charge is 2.25. The molecule has 1 amide bonds. The molecule has 0 unspecified atom stereocenters. The van der Waals surface area contributed by atoms with Gasteiger partial charge in [-0.3, -0.25) is 9.69 Å². The summed E-state index contributed by atoms with van der Waals surface area (Å²) in [6, 6.07) is 13.5. The van der Waals surface area contributed by atoms with Gasteiger partial charge in [-0.15, -0.1) is 0 Å². The molecule has 3 rings (SSSR count). The third-order valence-electron chi connectivity index (χ3n) is 5.08. The standard InChI is InChI=1S/C21H25F2N3O/c1-16(21(27)24-18-7-8-19(22)20(23)15-18)26-13-11-25(12-14-26)10-9-17-5-3-2-4-6-17/h2-8,15-16H,9-14H2,1H3,(H,24,27)/t16-/m1/s1. The van der Waals surface area contributed by atoms with Gasteiger partial charge in [0.2, 0.25) is 5.91 Å². The summed E-state index contributed by atoms with van der Waals surface area (Å²) in [6.45, 7) is 6.29. The molecule has 1 aliphatic rings. The Morgan fingerprint density at radius 2 is 1.74 bits per heavy atom. The summed E-state index contributed by atoms with van der Waals surface area (Å²) in [5.74, 6) is -2.10. The number of carbonyl (C=O) groups is 1. The van der Waals surface area contributed by atoms with E-state index in [1.807, 2.05) is 13.0 Å². The third kappa shape index (κ3) is 5.34. The Balaban J connectivity index is 1.45. The average molecular weight is 373 g/mol. The van der Waals surface area contributed by atoms with E-state index in [-0.39, 0.29) is 17.6 Å². The summed E-state index contributed by atoms with van der Waals surface area (Å²) in [5, 5.41) is 2.66. The fraction of sp³-hybridized carbons (Fsp3) is 0.381. The van der Waals surface area contributed by atoms with E-state index in [2.05, 4.69) is 39.4 Å². The highest BCUT2D eigenvalue weighted by Crippen LogP contribution is 2.15. The fourth-order valence-corrected chi connectivity index (χ4v) is 3.29. The summed E-state index contributed by atoms with van der Waals surface area (Å²) >= 11 is 0. The number of carbonyl (C=O) groups excluding carboxylic acids is 1. The number of hydrogen-bond acceptors (Lipinski definition) is 3. The lowest BCUT2D eigenvalue weighted by atomic mass is 10.1. The molecule has 1 heterocycles. The van der Waals surface area contributed by atoms with Gasteiger partial charge in [-0.05, 0) is 31.0 Å². The van der Waals surface area contributed by atoms with Crippen LogP contribution in [0.15, 0.2) is 48.5 Å². The van der Waals surface area contributed by atoms with E-state index < -0.39 is 11.6 Å². The van der Waals surface area contributed by atoms with E-state index in [9.17, 15) is 13.6 Å². The van der Waals surface area contributed by atoms with Crippen molar-refractivity contribution in [3.63, 3.8) is 0 Å². The second kappa shape index (κ2) is 9.06. The van der Waals surface area contributed by atoms with Gasteiger partial charge in [-0.2, -0.15) is 0 Å². The molecule has 0 spiro atoms. The maximum atomic E-state index is 13.3. The fourth-order valence-electron chi connectivity index (χ4n) is 3.29. The smallest absolute Gasteiger partial charge is 0.241 e. The predicted octanol–water partition coefficient (Wildman–Crippen LogP) is 3.15. The van der Waals surface area contributed by atoms with Crippen LogP contribution in [0.5, 0.6) is 0 Å². The second-order valence-electron chi connectivity index (χ2n) is 6.91. The largest absolute Gasteiger partial charge is 0.325 e. The van der Waals surface area contributed by atoms with Crippen LogP contribution in [0.3, 0.4) is 0 Å². The summed E-state index contributed by atoms with van der Waals surface area (Å²) in [7, 11) is 0. The molecular weight excluding hydrogens is 348 g/mol. The SMILES string of the molecule is C[C@H](C(=O)Nc1ccc(F)c(F)c1)N1CCN(CCc2ccccc2)CC1. The van der Waals surface area contributed by atoms with Gasteiger partial charge in [0.05, 0.1) is 6.04 Å². The number of hydrogen-bond donors (Lipinski definition) is 1. The summed E-state index contributed by atoms with van der Waals surface area (Å²) in [5.41, 5.74) is 1.60. The number of halogens is 2. The summed E-state index contributed by atoms with van der Waals surface area (Å²) < 4.78 is 26.3. The van der Waals surface area contributed by atoms with Crippen molar-refractivity contribution < 1.29 is 13.6 Å². The monoisotopic (exact) mass is 373 g/mol. The zero-order chi connectivity index (χ0) is 19.2. The molecule has 0 aliphatic carbocycles. The first kappa shape index (κ1) is 19.5. The Kier molecular flexibility index (Phi) is 6.53. The van der Waals surface area contributed by atoms with E-state index in [1.165, 1.54) is 11.6 Å². The number of piperazine rings is 1. The molecule has 0 aromatic heterocycles. The highest BCUT2D eigenvalue weighted by molar-refractivity contribution is 5.94. The summed E-state index contributed by atoms with van der Waals surface area (Å²) in [6.07, 6.45) is 1.02. The van der Waals surface area contributed by atoms with Crippen LogP contribution in [0.2, 0.25) is 0 Å². The molecule has 1 saturated heterocycles. The molecule has 0 saturated carbocycles. The number of benzene rings is 2. The normalized spacial score (nSPS) is 16.9. The Bertz CT molecular complexity index is 761. The van der Waals surface area contributed by atoms with Crippen LogP contribution < -0.4 is 5.32 Å². The highest BCUT2D eigenvalue weighted by atomic mass is 19.2. The lowest BCUT2D eigenvalue weighted by Crippen LogP contribution is -2.53. The zero-order valence-electron chi connectivity index (χ0n) is 15.5. The Labute approximate surface area is 158 Å². The van der Waals surface area contributed by atoms with Crippen molar-refractivity contribution in [3.05, 3.63) is 65.7 Å². The molecule has 27 heavy (non-hydrogen) atoms. The maximum Gasteiger partial charge on any atom is 0.241 e. The molecule has 1 aliphatic heterocycles. The molecule has 1 atom stereocenters. The van der Waals surface area contributed by atoms with Gasteiger partial charge in [0.1, 0.15) is 0 Å². The van der Waals surface area contributed by atoms with Crippen molar-refractivity contribution >= 4 is 11.6 Å². The second-order valence-corrected chi connectivity index (χ2v) is 6.91. The van der Waals surface area contributed by atoms with Gasteiger partial charge in [-0.25, -0.2) is 8.78 Å². The first-order valence-corrected chi connectivity index (χ1v) is 9.29. The molecule has 1 N–H and O–H groups in total. The molecule has 2 aromatic rings. The van der Waals surface area contributed by atoms with Crippen LogP contribution in [-0.2, 0) is 11.2 Å². The first-order valence-electron chi connectivity index (χ1n) is 9.29. The molecule has 0 bridgehead atoms. The minimum atomic E-state index is -0.965. The number of amides is 1. The summed E-state index contributed by atoms with van der Waals surface area (Å²) in [4.78, 5) is 16.9. The van der Waals surface area contributed by atoms with E-state index in [4.69, 9.17) is 0 Å². The molecule has 6 heteroatoms. The Hall–Kier alpha value is -2.31. The number of rotatable bonds is 6. The van der Waals surface area contributed by atoms with Crippen molar-refractivity contribution in [2.24, 2.45) is 0 Å². The van der Waals surface area contributed by atoms with Gasteiger partial charge in [0.15, 0.2) is 11.6 Å². The molecule has 1 fully saturated rings. The van der Waals surface area contributed by atoms with Gasteiger partial charge < -0.3 is 10.2 Å². The number of nitrogens with one attached hydrogen (secondary N) is 1. The first-order chi connectivity index (χ1) is 13.0. The molecule has 144 valence electrons. The van der Waals surface area contributed by atoms with E-state index >= 15 is 0 Å². The van der Waals surface area contributed by atoms with Crippen LogP contribution in [0.1, 0.15) is 12.5 Å². The van der Waals surface area contributed by atoms with Gasteiger partial charge >= 0.3 is 0 Å². The zero-order valence-corrected chi connectivity index (χ0v) is 15.5. The van der Waals surface area contributed by atoms with Crippen LogP contribution >= 0.6 is 0 Å². The quantitative estimate of drug-likeness (QED) is 0.845. The molecule has 2 aromatic carbocycles. The van der Waals surface area contributed by atoms with Crippen molar-refractivity contribution in [1.29, 1.82) is 0 Å². The maximum absolute atomic E-state index is 13.3. The van der Waals surface area contributed by atoms with E-state index in [0.29, 0.717) is 0 Å². The van der Waals surface area contributed by atoms with Gasteiger partial charge in [-0.1, -0.05) is 30.3 Å². The topological polar surface area (TPSA) is 35.6 Å². The van der Waals surface area contributed by atoms with Crippen molar-refractivity contribution in [2.45, 2.75) is 19.4 Å². The molecule has 0 radical (unpaired) electrons. The lowest BCUT2D eigenvalue weighted by molar-refractivity contribution is -0.121. The Morgan fingerprint density at radius 1 is 1.04 bits per heavy atom. The van der Waals surface area contributed by atoms with Crippen LogP contribution in [0.25, 0.3) is 0 Å². The van der Waals surface area contributed by atoms with Crippen LogP contribution in [-0.4, -0.2) is 54.5 Å². The van der Waals surface area contributed by atoms with Crippen molar-refractivity contribution in [1.82, 2.24) is 9.80 Å². The van der Waals surface area contributed by atoms with Crippen LogP contribution in [0, 0.1) is 11.6 Å². The lowest BCUT2D eigenvalue weighted by Gasteiger charge is -2.37.